The van der Waals surface area contributed by atoms with Crippen molar-refractivity contribution < 1.29 is 24.8 Å². The smallest absolute Gasteiger partial charge is 0.238 e. The number of benzene rings is 2. The van der Waals surface area contributed by atoms with Crippen LogP contribution < -0.4 is 5.43 Å². The molecule has 0 saturated carbocycles. The van der Waals surface area contributed by atoms with Gasteiger partial charge in [0.05, 0.1) is 0 Å². The number of aromatic hydroxyl groups is 4. The van der Waals surface area contributed by atoms with Gasteiger partial charge in [0.2, 0.25) is 11.2 Å². The van der Waals surface area contributed by atoms with Gasteiger partial charge in [0.15, 0.2) is 5.76 Å². The molecule has 0 spiro atoms. The average molecular weight is 422 g/mol. The zero-order valence-corrected chi connectivity index (χ0v) is 17.8. The Morgan fingerprint density at radius 2 is 1.71 bits per heavy atom. The minimum Gasteiger partial charge on any atom is -0.508 e. The van der Waals surface area contributed by atoms with Gasteiger partial charge in [0.25, 0.3) is 0 Å². The third-order valence-corrected chi connectivity index (χ3v) is 5.04. The van der Waals surface area contributed by atoms with Crippen LogP contribution in [0.3, 0.4) is 0 Å². The number of hydrogen-bond donors (Lipinski definition) is 4. The van der Waals surface area contributed by atoms with Gasteiger partial charge in [0, 0.05) is 17.7 Å². The minimum atomic E-state index is -0.807. The van der Waals surface area contributed by atoms with E-state index in [0.29, 0.717) is 17.5 Å². The highest BCUT2D eigenvalue weighted by Crippen LogP contribution is 2.36. The molecule has 6 nitrogen and oxygen atoms in total. The van der Waals surface area contributed by atoms with Crippen molar-refractivity contribution in [1.82, 2.24) is 0 Å². The molecule has 0 bridgehead atoms. The molecule has 2 aromatic carbocycles. The Hall–Kier alpha value is -3.67. The Morgan fingerprint density at radius 3 is 2.42 bits per heavy atom. The van der Waals surface area contributed by atoms with Crippen LogP contribution in [0.4, 0.5) is 0 Å². The summed E-state index contributed by atoms with van der Waals surface area (Å²) < 4.78 is 5.64. The Balaban J connectivity index is 1.98. The summed E-state index contributed by atoms with van der Waals surface area (Å²) in [5, 5.41) is 40.1. The highest BCUT2D eigenvalue weighted by atomic mass is 16.4. The summed E-state index contributed by atoms with van der Waals surface area (Å²) in [5.74, 6) is -1.42. The van der Waals surface area contributed by atoms with E-state index in [0.717, 1.165) is 18.9 Å². The van der Waals surface area contributed by atoms with Crippen LogP contribution in [-0.2, 0) is 6.42 Å². The number of rotatable bonds is 6. The molecular weight excluding hydrogens is 396 g/mol. The fourth-order valence-electron chi connectivity index (χ4n) is 3.34. The van der Waals surface area contributed by atoms with Crippen LogP contribution in [0.25, 0.3) is 22.3 Å². The van der Waals surface area contributed by atoms with Crippen molar-refractivity contribution in [2.75, 3.05) is 0 Å². The highest BCUT2D eigenvalue weighted by Gasteiger charge is 2.19. The van der Waals surface area contributed by atoms with Crippen molar-refractivity contribution in [3.8, 4) is 34.3 Å². The summed E-state index contributed by atoms with van der Waals surface area (Å²) in [7, 11) is 0. The van der Waals surface area contributed by atoms with Crippen molar-refractivity contribution in [2.24, 2.45) is 0 Å². The molecule has 0 fully saturated rings. The molecule has 1 heterocycles. The Morgan fingerprint density at radius 1 is 0.968 bits per heavy atom. The number of allylic oxidation sites excluding steroid dienone is 4. The van der Waals surface area contributed by atoms with E-state index in [4.69, 9.17) is 4.42 Å². The molecule has 0 radical (unpaired) electrons. The Kier molecular flexibility index (Phi) is 6.39. The quantitative estimate of drug-likeness (QED) is 0.389. The number of hydrogen-bond acceptors (Lipinski definition) is 6. The molecule has 0 amide bonds. The van der Waals surface area contributed by atoms with Gasteiger partial charge in [-0.1, -0.05) is 23.3 Å². The van der Waals surface area contributed by atoms with Crippen LogP contribution in [0.2, 0.25) is 0 Å². The van der Waals surface area contributed by atoms with Crippen molar-refractivity contribution in [1.29, 1.82) is 0 Å². The molecule has 0 aliphatic heterocycles. The van der Waals surface area contributed by atoms with E-state index in [9.17, 15) is 25.2 Å². The third kappa shape index (κ3) is 4.91. The average Bonchev–Trinajstić information content (AvgIpc) is 2.69. The van der Waals surface area contributed by atoms with Crippen LogP contribution in [0.15, 0.2) is 62.8 Å². The molecule has 3 aromatic rings. The molecule has 31 heavy (non-hydrogen) atoms. The Labute approximate surface area is 180 Å². The molecule has 0 aliphatic rings. The van der Waals surface area contributed by atoms with Gasteiger partial charge in [-0.3, -0.25) is 4.79 Å². The molecule has 1 aromatic heterocycles. The van der Waals surface area contributed by atoms with Crippen LogP contribution in [-0.4, -0.2) is 20.4 Å². The Bertz CT molecular complexity index is 1240. The first-order valence-electron chi connectivity index (χ1n) is 10.0. The van der Waals surface area contributed by atoms with Gasteiger partial charge in [-0.25, -0.2) is 0 Å². The maximum atomic E-state index is 12.6. The van der Waals surface area contributed by atoms with Gasteiger partial charge < -0.3 is 24.8 Å². The summed E-state index contributed by atoms with van der Waals surface area (Å²) in [4.78, 5) is 12.6. The number of phenolic OH excluding ortho intramolecular Hbond substituents is 3. The fraction of sp³-hybridized carbons (Fsp3) is 0.240. The monoisotopic (exact) mass is 422 g/mol. The number of phenols is 3. The predicted octanol–water partition coefficient (Wildman–Crippen LogP) is 5.52. The van der Waals surface area contributed by atoms with Crippen molar-refractivity contribution in [3.63, 3.8) is 0 Å². The largest absolute Gasteiger partial charge is 0.508 e. The normalized spacial score (nSPS) is 11.6. The number of fused-ring (bicyclic) bond motifs is 1. The standard InChI is InChI=1S/C25H26O6/c1-14(2)5-4-6-15(3)7-8-16-11-17(9-10-19(16)27)25-24(30)23(29)22-20(28)12-18(26)13-21(22)31-25/h5,7,9-13,26-28,30H,4,6,8H2,1-3H3/b15-7+. The van der Waals surface area contributed by atoms with E-state index in [2.05, 4.69) is 19.9 Å². The van der Waals surface area contributed by atoms with Crippen molar-refractivity contribution in [2.45, 2.75) is 40.0 Å². The van der Waals surface area contributed by atoms with Crippen LogP contribution in [0.1, 0.15) is 39.2 Å². The van der Waals surface area contributed by atoms with Gasteiger partial charge in [-0.2, -0.15) is 0 Å². The molecule has 6 heteroatoms. The second-order valence-electron chi connectivity index (χ2n) is 7.87. The summed E-state index contributed by atoms with van der Waals surface area (Å²) in [5.41, 5.74) is 2.60. The third-order valence-electron chi connectivity index (χ3n) is 5.04. The zero-order chi connectivity index (χ0) is 22.7. The fourth-order valence-corrected chi connectivity index (χ4v) is 3.34. The SMILES string of the molecule is CC(C)=CCC/C(C)=C/Cc1cc(-c2oc3cc(O)cc(O)c3c(=O)c2O)ccc1O. The topological polar surface area (TPSA) is 111 Å². The van der Waals surface area contributed by atoms with Crippen molar-refractivity contribution in [3.05, 3.63) is 69.4 Å². The summed E-state index contributed by atoms with van der Waals surface area (Å²) in [6.45, 7) is 6.16. The molecule has 3 rings (SSSR count). The van der Waals surface area contributed by atoms with Crippen LogP contribution >= 0.6 is 0 Å². The first-order valence-corrected chi connectivity index (χ1v) is 10.0. The lowest BCUT2D eigenvalue weighted by Crippen LogP contribution is -2.03. The lowest BCUT2D eigenvalue weighted by molar-refractivity contribution is 0.438. The molecule has 4 N–H and O–H groups in total. The first-order chi connectivity index (χ1) is 14.7. The van der Waals surface area contributed by atoms with E-state index in [-0.39, 0.29) is 28.2 Å². The van der Waals surface area contributed by atoms with Gasteiger partial charge in [-0.15, -0.1) is 0 Å². The second-order valence-corrected chi connectivity index (χ2v) is 7.87. The van der Waals surface area contributed by atoms with E-state index in [1.165, 1.54) is 29.3 Å². The lowest BCUT2D eigenvalue weighted by Gasteiger charge is -2.10. The van der Waals surface area contributed by atoms with Gasteiger partial charge in [-0.05, 0) is 63.8 Å². The molecule has 162 valence electrons. The molecule has 0 saturated heterocycles. The predicted molar refractivity (Wildman–Crippen MR) is 121 cm³/mol. The van der Waals surface area contributed by atoms with Crippen LogP contribution in [0.5, 0.6) is 23.0 Å². The zero-order valence-electron chi connectivity index (χ0n) is 17.8. The molecular formula is C25H26O6. The van der Waals surface area contributed by atoms with E-state index in [1.54, 1.807) is 6.07 Å². The summed E-state index contributed by atoms with van der Waals surface area (Å²) in [6.07, 6.45) is 6.55. The van der Waals surface area contributed by atoms with E-state index < -0.39 is 16.9 Å². The summed E-state index contributed by atoms with van der Waals surface area (Å²) in [6, 6.07) is 6.83. The second kappa shape index (κ2) is 9.00. The molecule has 0 unspecified atom stereocenters. The highest BCUT2D eigenvalue weighted by molar-refractivity contribution is 5.88. The summed E-state index contributed by atoms with van der Waals surface area (Å²) >= 11 is 0. The van der Waals surface area contributed by atoms with Crippen molar-refractivity contribution >= 4 is 11.0 Å². The van der Waals surface area contributed by atoms with E-state index >= 15 is 0 Å². The molecule has 0 atom stereocenters. The van der Waals surface area contributed by atoms with Gasteiger partial charge >= 0.3 is 0 Å². The lowest BCUT2D eigenvalue weighted by atomic mass is 10.0. The maximum Gasteiger partial charge on any atom is 0.238 e. The van der Waals surface area contributed by atoms with E-state index in [1.807, 2.05) is 13.0 Å². The molecule has 0 aliphatic carbocycles. The minimum absolute atomic E-state index is 0.0556. The van der Waals surface area contributed by atoms with Gasteiger partial charge in [0.1, 0.15) is 28.2 Å². The van der Waals surface area contributed by atoms with Crippen LogP contribution in [0, 0.1) is 0 Å². The maximum absolute atomic E-state index is 12.6. The first kappa shape index (κ1) is 22.0.